The Morgan fingerprint density at radius 3 is 1.47 bits per heavy atom. The maximum Gasteiger partial charge on any atom is 0.0543 e. The summed E-state index contributed by atoms with van der Waals surface area (Å²) in [5.41, 5.74) is 10.0. The number of anilines is 6. The van der Waals surface area contributed by atoms with Crippen molar-refractivity contribution in [3.63, 3.8) is 0 Å². The molecule has 0 N–H and O–H groups in total. The van der Waals surface area contributed by atoms with Gasteiger partial charge in [0.05, 0.1) is 11.4 Å². The first-order valence-electron chi connectivity index (χ1n) is 16.7. The molecular weight excluding hydrogens is 569 g/mol. The first-order chi connectivity index (χ1) is 23.1. The van der Waals surface area contributed by atoms with Crippen LogP contribution in [0, 0.1) is 0 Å². The Morgan fingerprint density at radius 1 is 0.447 bits per heavy atom. The fourth-order valence-electron chi connectivity index (χ4n) is 7.91. The van der Waals surface area contributed by atoms with Gasteiger partial charge in [0.1, 0.15) is 0 Å². The molecule has 8 aromatic rings. The van der Waals surface area contributed by atoms with Crippen LogP contribution in [0.2, 0.25) is 0 Å². The minimum Gasteiger partial charge on any atom is -0.310 e. The lowest BCUT2D eigenvalue weighted by molar-refractivity contribution is 0.475. The molecule has 0 aromatic heterocycles. The zero-order chi connectivity index (χ0) is 31.5. The van der Waals surface area contributed by atoms with Crippen LogP contribution >= 0.6 is 0 Å². The minimum absolute atomic E-state index is 0.0529. The zero-order valence-corrected chi connectivity index (χ0v) is 26.8. The van der Waals surface area contributed by atoms with Crippen molar-refractivity contribution in [2.75, 3.05) is 9.80 Å². The molecule has 0 saturated carbocycles. The quantitative estimate of drug-likeness (QED) is 0.174. The fraction of sp³-hybridized carbons (Fsp3) is 0.111. The Bertz CT molecular complexity index is 2280. The van der Waals surface area contributed by atoms with Crippen LogP contribution in [-0.2, 0) is 11.8 Å². The van der Waals surface area contributed by atoms with Crippen LogP contribution < -0.4 is 9.80 Å². The van der Waals surface area contributed by atoms with Crippen molar-refractivity contribution in [3.05, 3.63) is 169 Å². The van der Waals surface area contributed by atoms with Crippen LogP contribution in [0.1, 0.15) is 31.4 Å². The fourth-order valence-corrected chi connectivity index (χ4v) is 7.91. The van der Waals surface area contributed by atoms with Crippen LogP contribution in [0.3, 0.4) is 0 Å². The molecule has 1 aliphatic rings. The van der Waals surface area contributed by atoms with E-state index in [1.807, 2.05) is 0 Å². The zero-order valence-electron chi connectivity index (χ0n) is 26.8. The highest BCUT2D eigenvalue weighted by Crippen LogP contribution is 2.53. The molecule has 2 heteroatoms. The maximum atomic E-state index is 2.53. The van der Waals surface area contributed by atoms with Crippen LogP contribution in [0.15, 0.2) is 158 Å². The molecule has 0 amide bonds. The summed E-state index contributed by atoms with van der Waals surface area (Å²) in [5, 5.41) is 8.04. The van der Waals surface area contributed by atoms with Crippen molar-refractivity contribution < 1.29 is 0 Å². The Kier molecular flexibility index (Phi) is 6.33. The average molecular weight is 605 g/mol. The summed E-state index contributed by atoms with van der Waals surface area (Å²) in [6.45, 7) is 4.86. The van der Waals surface area contributed by atoms with E-state index in [9.17, 15) is 0 Å². The summed E-state index contributed by atoms with van der Waals surface area (Å²) in [6.07, 6.45) is 2.17. The van der Waals surface area contributed by atoms with E-state index in [1.165, 1.54) is 54.8 Å². The number of para-hydroxylation sites is 4. The van der Waals surface area contributed by atoms with Gasteiger partial charge in [-0.3, -0.25) is 0 Å². The molecule has 226 valence electrons. The lowest BCUT2D eigenvalue weighted by atomic mass is 9.70. The highest BCUT2D eigenvalue weighted by Gasteiger charge is 2.33. The van der Waals surface area contributed by atoms with E-state index in [0.29, 0.717) is 0 Å². The molecular formula is C45H36N2. The molecule has 0 fully saturated rings. The first-order valence-corrected chi connectivity index (χ1v) is 16.7. The highest BCUT2D eigenvalue weighted by atomic mass is 15.1. The molecule has 0 radical (unpaired) electrons. The third-order valence-electron chi connectivity index (χ3n) is 10.2. The predicted octanol–water partition coefficient (Wildman–Crippen LogP) is 12.7. The highest BCUT2D eigenvalue weighted by molar-refractivity contribution is 6.29. The number of hydrogen-bond donors (Lipinski definition) is 0. The molecule has 1 aliphatic carbocycles. The summed E-state index contributed by atoms with van der Waals surface area (Å²) in [6, 6.07) is 57.6. The molecule has 0 spiro atoms. The average Bonchev–Trinajstić information content (AvgIpc) is 3.12. The molecule has 0 atom stereocenters. The molecule has 0 unspecified atom stereocenters. The summed E-state index contributed by atoms with van der Waals surface area (Å²) in [4.78, 5) is 4.87. The topological polar surface area (TPSA) is 6.48 Å². The van der Waals surface area contributed by atoms with E-state index in [-0.39, 0.29) is 5.41 Å². The van der Waals surface area contributed by atoms with Crippen LogP contribution in [0.4, 0.5) is 34.1 Å². The lowest BCUT2D eigenvalue weighted by Gasteiger charge is -2.36. The van der Waals surface area contributed by atoms with Gasteiger partial charge in [-0.15, -0.1) is 0 Å². The maximum absolute atomic E-state index is 2.53. The van der Waals surface area contributed by atoms with Gasteiger partial charge in [0.2, 0.25) is 0 Å². The van der Waals surface area contributed by atoms with Gasteiger partial charge in [0, 0.05) is 38.9 Å². The second kappa shape index (κ2) is 10.7. The molecule has 8 aromatic carbocycles. The Morgan fingerprint density at radius 2 is 0.936 bits per heavy atom. The number of hydrogen-bond acceptors (Lipinski definition) is 2. The third kappa shape index (κ3) is 4.40. The molecule has 0 bridgehead atoms. The number of aryl methyl sites for hydroxylation is 1. The van der Waals surface area contributed by atoms with Gasteiger partial charge in [-0.1, -0.05) is 105 Å². The van der Waals surface area contributed by atoms with Crippen LogP contribution in [0.5, 0.6) is 0 Å². The van der Waals surface area contributed by atoms with Gasteiger partial charge < -0.3 is 9.80 Å². The van der Waals surface area contributed by atoms with Gasteiger partial charge in [0.25, 0.3) is 0 Å². The van der Waals surface area contributed by atoms with Crippen LogP contribution in [0.25, 0.3) is 32.3 Å². The van der Waals surface area contributed by atoms with E-state index < -0.39 is 0 Å². The van der Waals surface area contributed by atoms with Gasteiger partial charge in [0.15, 0.2) is 0 Å². The Hall–Kier alpha value is -5.60. The number of rotatable bonds is 6. The summed E-state index contributed by atoms with van der Waals surface area (Å²) in [7, 11) is 0. The van der Waals surface area contributed by atoms with Crippen molar-refractivity contribution in [2.45, 2.75) is 32.1 Å². The molecule has 0 aliphatic heterocycles. The summed E-state index contributed by atoms with van der Waals surface area (Å²) >= 11 is 0. The normalized spacial score (nSPS) is 13.7. The van der Waals surface area contributed by atoms with E-state index in [2.05, 4.69) is 181 Å². The summed E-state index contributed by atoms with van der Waals surface area (Å²) in [5.74, 6) is 0. The van der Waals surface area contributed by atoms with Crippen molar-refractivity contribution >= 4 is 66.4 Å². The van der Waals surface area contributed by atoms with E-state index in [4.69, 9.17) is 0 Å². The number of nitrogens with zero attached hydrogens (tertiary/aromatic N) is 2. The molecule has 47 heavy (non-hydrogen) atoms. The van der Waals surface area contributed by atoms with Gasteiger partial charge in [-0.05, 0) is 112 Å². The Labute approximate surface area is 276 Å². The molecule has 9 rings (SSSR count). The first kappa shape index (κ1) is 27.7. The smallest absolute Gasteiger partial charge is 0.0543 e. The third-order valence-corrected chi connectivity index (χ3v) is 10.2. The Balaban J connectivity index is 1.42. The van der Waals surface area contributed by atoms with E-state index >= 15 is 0 Å². The second-order valence-electron chi connectivity index (χ2n) is 13.5. The SMILES string of the molecule is CC1(C)CCc2cc(N(c3ccccc3)c3ccccc3)c3ccc4ccc(N(c5ccccc5)c5ccccc5)c5cc1c2c3c45. The molecule has 2 nitrogen and oxygen atoms in total. The molecule has 0 saturated heterocycles. The van der Waals surface area contributed by atoms with Crippen molar-refractivity contribution in [3.8, 4) is 0 Å². The summed E-state index contributed by atoms with van der Waals surface area (Å²) < 4.78 is 0. The molecule has 0 heterocycles. The lowest BCUT2D eigenvalue weighted by Crippen LogP contribution is -2.24. The van der Waals surface area contributed by atoms with Crippen molar-refractivity contribution in [1.29, 1.82) is 0 Å². The van der Waals surface area contributed by atoms with Gasteiger partial charge in [-0.25, -0.2) is 0 Å². The van der Waals surface area contributed by atoms with Gasteiger partial charge in [-0.2, -0.15) is 0 Å². The second-order valence-corrected chi connectivity index (χ2v) is 13.5. The number of benzene rings is 8. The monoisotopic (exact) mass is 604 g/mol. The van der Waals surface area contributed by atoms with Crippen LogP contribution in [-0.4, -0.2) is 0 Å². The predicted molar refractivity (Wildman–Crippen MR) is 201 cm³/mol. The van der Waals surface area contributed by atoms with Crippen molar-refractivity contribution in [2.24, 2.45) is 0 Å². The van der Waals surface area contributed by atoms with E-state index in [1.54, 1.807) is 0 Å². The largest absolute Gasteiger partial charge is 0.310 e. The minimum atomic E-state index is 0.0529. The van der Waals surface area contributed by atoms with Gasteiger partial charge >= 0.3 is 0 Å². The van der Waals surface area contributed by atoms with Crippen molar-refractivity contribution in [1.82, 2.24) is 0 Å². The van der Waals surface area contributed by atoms with E-state index in [0.717, 1.165) is 35.6 Å². The standard InChI is InChI=1S/C45H36N2/c1-45(2)28-27-32-29-41(47(35-19-11-5-12-20-35)36-21-13-6-14-22-36)37-25-23-31-24-26-40(38-30-39(45)43(32)44(37)42(31)38)46(33-15-7-3-8-16-33)34-17-9-4-10-18-34/h3-26,29-30H,27-28H2,1-2H3.